The largest absolute Gasteiger partial charge is 0.466 e. The number of ether oxygens (including phenoxy) is 2. The maximum absolute atomic E-state index is 11.1. The van der Waals surface area contributed by atoms with Crippen LogP contribution in [0, 0.1) is 0 Å². The fraction of sp³-hybridized carbons (Fsp3) is 0.273. The molecule has 4 nitrogen and oxygen atoms in total. The molecule has 0 bridgehead atoms. The van der Waals surface area contributed by atoms with Crippen LogP contribution in [0.4, 0.5) is 0 Å². The van der Waals surface area contributed by atoms with E-state index in [2.05, 4.69) is 11.3 Å². The Bertz CT molecular complexity index is 419. The molecule has 5 heteroatoms. The summed E-state index contributed by atoms with van der Waals surface area (Å²) in [5.74, 6) is -0.368. The molecule has 0 spiro atoms. The third-order valence-corrected chi connectivity index (χ3v) is 2.71. The quantitative estimate of drug-likeness (QED) is 0.596. The van der Waals surface area contributed by atoms with Crippen LogP contribution >= 0.6 is 11.3 Å². The first-order valence-electron chi connectivity index (χ1n) is 4.55. The van der Waals surface area contributed by atoms with Gasteiger partial charge in [0.1, 0.15) is 5.75 Å². The van der Waals surface area contributed by atoms with Crippen molar-refractivity contribution in [2.24, 2.45) is 0 Å². The molecule has 0 aliphatic heterocycles. The number of rotatable bonds is 4. The second-order valence-corrected chi connectivity index (χ2v) is 4.07. The molecule has 16 heavy (non-hydrogen) atoms. The van der Waals surface area contributed by atoms with E-state index in [9.17, 15) is 9.59 Å². The van der Waals surface area contributed by atoms with Gasteiger partial charge in [-0.15, -0.1) is 11.3 Å². The first kappa shape index (κ1) is 12.4. The molecular weight excluding hydrogens is 228 g/mol. The lowest BCUT2D eigenvalue weighted by Gasteiger charge is -2.04. The normalized spacial score (nSPS) is 9.62. The van der Waals surface area contributed by atoms with Gasteiger partial charge in [0.2, 0.25) is 0 Å². The highest BCUT2D eigenvalue weighted by Crippen LogP contribution is 2.27. The van der Waals surface area contributed by atoms with Gasteiger partial charge in [-0.25, -0.2) is 4.79 Å². The van der Waals surface area contributed by atoms with Gasteiger partial charge in [0.05, 0.1) is 12.0 Å². The molecule has 0 fully saturated rings. The smallest absolute Gasteiger partial charge is 0.333 e. The maximum Gasteiger partial charge on any atom is 0.333 e. The summed E-state index contributed by atoms with van der Waals surface area (Å²) < 4.78 is 9.52. The molecule has 86 valence electrons. The van der Waals surface area contributed by atoms with Gasteiger partial charge in [0, 0.05) is 18.9 Å². The SMILES string of the molecule is C=C(Cc1sccc1OC(C)=O)C(=O)OC. The van der Waals surface area contributed by atoms with Crippen LogP contribution in [0.15, 0.2) is 23.6 Å². The van der Waals surface area contributed by atoms with Crippen molar-refractivity contribution >= 4 is 23.3 Å². The molecule has 0 amide bonds. The number of esters is 2. The van der Waals surface area contributed by atoms with Crippen molar-refractivity contribution < 1.29 is 19.1 Å². The van der Waals surface area contributed by atoms with Gasteiger partial charge in [-0.1, -0.05) is 6.58 Å². The summed E-state index contributed by atoms with van der Waals surface area (Å²) in [7, 11) is 1.30. The fourth-order valence-corrected chi connectivity index (χ4v) is 1.95. The minimum Gasteiger partial charge on any atom is -0.466 e. The Kier molecular flexibility index (Phi) is 4.25. The third-order valence-electron chi connectivity index (χ3n) is 1.81. The minimum absolute atomic E-state index is 0.326. The zero-order valence-corrected chi connectivity index (χ0v) is 9.93. The van der Waals surface area contributed by atoms with Crippen LogP contribution in [0.25, 0.3) is 0 Å². The molecule has 0 unspecified atom stereocenters. The van der Waals surface area contributed by atoms with Crippen LogP contribution in [0.5, 0.6) is 5.75 Å². The second kappa shape index (κ2) is 5.46. The van der Waals surface area contributed by atoms with Gasteiger partial charge in [0.25, 0.3) is 0 Å². The first-order valence-corrected chi connectivity index (χ1v) is 5.43. The number of thiophene rings is 1. The van der Waals surface area contributed by atoms with E-state index >= 15 is 0 Å². The molecule has 1 rings (SSSR count). The predicted octanol–water partition coefficient (Wildman–Crippen LogP) is 1.95. The van der Waals surface area contributed by atoms with Crippen LogP contribution in [0.3, 0.4) is 0 Å². The summed E-state index contributed by atoms with van der Waals surface area (Å²) >= 11 is 1.40. The average Bonchev–Trinajstić information content (AvgIpc) is 2.63. The van der Waals surface area contributed by atoms with E-state index in [4.69, 9.17) is 4.74 Å². The van der Waals surface area contributed by atoms with Crippen LogP contribution in [-0.2, 0) is 20.7 Å². The molecule has 0 N–H and O–H groups in total. The van der Waals surface area contributed by atoms with E-state index in [1.165, 1.54) is 25.4 Å². The van der Waals surface area contributed by atoms with Gasteiger partial charge >= 0.3 is 11.9 Å². The standard InChI is InChI=1S/C11H12O4S/c1-7(11(13)14-3)6-10-9(4-5-16-10)15-8(2)12/h4-5H,1,6H2,2-3H3. The molecule has 1 heterocycles. The summed E-state index contributed by atoms with van der Waals surface area (Å²) in [4.78, 5) is 22.7. The average molecular weight is 240 g/mol. The topological polar surface area (TPSA) is 52.6 Å². The Morgan fingerprint density at radius 1 is 1.50 bits per heavy atom. The van der Waals surface area contributed by atoms with Crippen LogP contribution in [0.2, 0.25) is 0 Å². The van der Waals surface area contributed by atoms with Crippen LogP contribution in [0.1, 0.15) is 11.8 Å². The summed E-state index contributed by atoms with van der Waals surface area (Å²) in [6, 6.07) is 1.69. The van der Waals surface area contributed by atoms with Crippen molar-refractivity contribution in [1.29, 1.82) is 0 Å². The van der Waals surface area contributed by atoms with E-state index in [1.807, 2.05) is 0 Å². The third kappa shape index (κ3) is 3.20. The van der Waals surface area contributed by atoms with E-state index < -0.39 is 5.97 Å². The molecule has 0 aliphatic carbocycles. The van der Waals surface area contributed by atoms with E-state index in [0.29, 0.717) is 17.7 Å². The van der Waals surface area contributed by atoms with E-state index in [1.54, 1.807) is 11.4 Å². The molecule has 1 aromatic heterocycles. The lowest BCUT2D eigenvalue weighted by atomic mass is 10.2. The predicted molar refractivity (Wildman–Crippen MR) is 60.5 cm³/mol. The number of hydrogen-bond acceptors (Lipinski definition) is 5. The van der Waals surface area contributed by atoms with Crippen LogP contribution < -0.4 is 4.74 Å². The summed E-state index contributed by atoms with van der Waals surface area (Å²) in [5.41, 5.74) is 0.332. The highest BCUT2D eigenvalue weighted by Gasteiger charge is 2.13. The summed E-state index contributed by atoms with van der Waals surface area (Å²) in [5, 5.41) is 1.79. The Labute approximate surface area is 97.5 Å². The van der Waals surface area contributed by atoms with Crippen molar-refractivity contribution in [3.05, 3.63) is 28.5 Å². The van der Waals surface area contributed by atoms with Crippen LogP contribution in [-0.4, -0.2) is 19.0 Å². The van der Waals surface area contributed by atoms with Crippen molar-refractivity contribution in [3.63, 3.8) is 0 Å². The second-order valence-electron chi connectivity index (χ2n) is 3.07. The number of carbonyl (C=O) groups is 2. The molecule has 0 saturated heterocycles. The zero-order chi connectivity index (χ0) is 12.1. The molecule has 0 aliphatic rings. The zero-order valence-electron chi connectivity index (χ0n) is 9.11. The molecule has 0 radical (unpaired) electrons. The van der Waals surface area contributed by atoms with Gasteiger partial charge < -0.3 is 9.47 Å². The molecule has 1 aromatic rings. The lowest BCUT2D eigenvalue weighted by Crippen LogP contribution is -2.07. The summed E-state index contributed by atoms with van der Waals surface area (Å²) in [6.45, 7) is 4.94. The van der Waals surface area contributed by atoms with Crippen molar-refractivity contribution in [1.82, 2.24) is 0 Å². The summed E-state index contributed by atoms with van der Waals surface area (Å²) in [6.07, 6.45) is 0.326. The minimum atomic E-state index is -0.456. The number of carbonyl (C=O) groups excluding carboxylic acids is 2. The van der Waals surface area contributed by atoms with Gasteiger partial charge in [-0.05, 0) is 11.4 Å². The molecular formula is C11H12O4S. The number of hydrogen-bond donors (Lipinski definition) is 0. The number of methoxy groups -OCH3 is 1. The Morgan fingerprint density at radius 3 is 2.75 bits per heavy atom. The van der Waals surface area contributed by atoms with Gasteiger partial charge in [0.15, 0.2) is 0 Å². The highest BCUT2D eigenvalue weighted by molar-refractivity contribution is 7.10. The maximum atomic E-state index is 11.1. The van der Waals surface area contributed by atoms with Gasteiger partial charge in [-0.2, -0.15) is 0 Å². The molecule has 0 atom stereocenters. The van der Waals surface area contributed by atoms with Crippen molar-refractivity contribution in [3.8, 4) is 5.75 Å². The van der Waals surface area contributed by atoms with Gasteiger partial charge in [-0.3, -0.25) is 4.79 Å². The highest BCUT2D eigenvalue weighted by atomic mass is 32.1. The Hall–Kier alpha value is -1.62. The molecule has 0 saturated carbocycles. The van der Waals surface area contributed by atoms with E-state index in [0.717, 1.165) is 4.88 Å². The first-order chi connectivity index (χ1) is 7.54. The fourth-order valence-electron chi connectivity index (χ4n) is 1.11. The molecule has 0 aromatic carbocycles. The lowest BCUT2D eigenvalue weighted by molar-refractivity contribution is -0.136. The Morgan fingerprint density at radius 2 is 2.19 bits per heavy atom. The van der Waals surface area contributed by atoms with Crippen molar-refractivity contribution in [2.75, 3.05) is 7.11 Å². The van der Waals surface area contributed by atoms with Crippen molar-refractivity contribution in [2.45, 2.75) is 13.3 Å². The Balaban J connectivity index is 2.74. The van der Waals surface area contributed by atoms with E-state index in [-0.39, 0.29) is 5.97 Å². The monoisotopic (exact) mass is 240 g/mol.